The zero-order valence-corrected chi connectivity index (χ0v) is 18.0. The minimum absolute atomic E-state index is 0.734. The number of nitriles is 1. The topological polar surface area (TPSA) is 77.1 Å². The van der Waals surface area contributed by atoms with Crippen molar-refractivity contribution in [1.29, 1.82) is 5.26 Å². The molecule has 0 N–H and O–H groups in total. The Bertz CT molecular complexity index is 1100. The number of hydrogen-bond donors (Lipinski definition) is 0. The number of benzene rings is 1. The van der Waals surface area contributed by atoms with Gasteiger partial charge in [0.2, 0.25) is 5.95 Å². The molecule has 2 aliphatic rings. The molecule has 0 spiro atoms. The summed E-state index contributed by atoms with van der Waals surface area (Å²) in [4.78, 5) is 16.9. The van der Waals surface area contributed by atoms with E-state index in [1.807, 2.05) is 35.1 Å². The number of nitrogens with zero attached hydrogens (tertiary/aromatic N) is 8. The average Bonchev–Trinajstić information content (AvgIpc) is 3.50. The first-order valence-electron chi connectivity index (χ1n) is 11.3. The summed E-state index contributed by atoms with van der Waals surface area (Å²) in [5, 5.41) is 15.1. The van der Waals surface area contributed by atoms with E-state index in [4.69, 9.17) is 9.97 Å². The Kier molecular flexibility index (Phi) is 5.33. The molecule has 0 atom stereocenters. The summed E-state index contributed by atoms with van der Waals surface area (Å²) in [5.74, 6) is 1.82. The van der Waals surface area contributed by atoms with Crippen molar-refractivity contribution in [3.8, 4) is 6.07 Å². The SMILES string of the molecule is CCCn1ncc2c(N3CCN(c4ccccc4C#N)CC3)nc(N3CCCC3)nc21. The van der Waals surface area contributed by atoms with Gasteiger partial charge in [-0.15, -0.1) is 0 Å². The van der Waals surface area contributed by atoms with Crippen molar-refractivity contribution in [2.24, 2.45) is 0 Å². The molecule has 2 saturated heterocycles. The van der Waals surface area contributed by atoms with E-state index in [2.05, 4.69) is 32.8 Å². The van der Waals surface area contributed by atoms with E-state index in [-0.39, 0.29) is 0 Å². The van der Waals surface area contributed by atoms with E-state index in [0.29, 0.717) is 0 Å². The maximum absolute atomic E-state index is 9.46. The predicted octanol–water partition coefficient (Wildman–Crippen LogP) is 3.03. The van der Waals surface area contributed by atoms with Crippen molar-refractivity contribution in [3.05, 3.63) is 36.0 Å². The van der Waals surface area contributed by atoms with Crippen molar-refractivity contribution in [1.82, 2.24) is 19.7 Å². The summed E-state index contributed by atoms with van der Waals surface area (Å²) >= 11 is 0. The standard InChI is InChI=1S/C23H28N8/c1-2-9-31-22-19(17-25-31)21(26-23(27-22)30-10-5-6-11-30)29-14-12-28(13-15-29)20-8-4-3-7-18(20)16-24/h3-4,7-8,17H,2,5-6,9-15H2,1H3. The number of rotatable bonds is 5. The van der Waals surface area contributed by atoms with Gasteiger partial charge in [0.15, 0.2) is 5.65 Å². The average molecular weight is 417 g/mol. The van der Waals surface area contributed by atoms with Crippen LogP contribution >= 0.6 is 0 Å². The Balaban J connectivity index is 1.45. The second-order valence-corrected chi connectivity index (χ2v) is 8.25. The highest BCUT2D eigenvalue weighted by Gasteiger charge is 2.25. The Hall–Kier alpha value is -3.34. The van der Waals surface area contributed by atoms with Gasteiger partial charge in [0.25, 0.3) is 0 Å². The van der Waals surface area contributed by atoms with Gasteiger partial charge in [0, 0.05) is 45.8 Å². The molecule has 0 unspecified atom stereocenters. The van der Waals surface area contributed by atoms with Gasteiger partial charge in [-0.2, -0.15) is 20.3 Å². The van der Waals surface area contributed by atoms with Crippen molar-refractivity contribution in [2.75, 3.05) is 54.0 Å². The molecule has 3 aromatic rings. The molecule has 31 heavy (non-hydrogen) atoms. The monoisotopic (exact) mass is 416 g/mol. The molecule has 1 aromatic carbocycles. The fourth-order valence-electron chi connectivity index (χ4n) is 4.61. The summed E-state index contributed by atoms with van der Waals surface area (Å²) in [6.07, 6.45) is 5.33. The van der Waals surface area contributed by atoms with E-state index in [1.54, 1.807) is 0 Å². The number of piperazine rings is 1. The molecule has 4 heterocycles. The molecule has 0 aliphatic carbocycles. The van der Waals surface area contributed by atoms with Gasteiger partial charge in [0.1, 0.15) is 11.9 Å². The predicted molar refractivity (Wildman–Crippen MR) is 123 cm³/mol. The molecular weight excluding hydrogens is 388 g/mol. The maximum Gasteiger partial charge on any atom is 0.229 e. The third-order valence-corrected chi connectivity index (χ3v) is 6.23. The first-order valence-corrected chi connectivity index (χ1v) is 11.3. The van der Waals surface area contributed by atoms with Gasteiger partial charge in [0.05, 0.1) is 22.8 Å². The summed E-state index contributed by atoms with van der Waals surface area (Å²) in [6, 6.07) is 10.2. The number of anilines is 3. The lowest BCUT2D eigenvalue weighted by Crippen LogP contribution is -2.47. The fourth-order valence-corrected chi connectivity index (χ4v) is 4.61. The van der Waals surface area contributed by atoms with E-state index >= 15 is 0 Å². The lowest BCUT2D eigenvalue weighted by molar-refractivity contribution is 0.616. The molecule has 2 fully saturated rings. The highest BCUT2D eigenvalue weighted by molar-refractivity contribution is 5.88. The van der Waals surface area contributed by atoms with Crippen LogP contribution in [0.15, 0.2) is 30.5 Å². The zero-order valence-electron chi connectivity index (χ0n) is 18.0. The van der Waals surface area contributed by atoms with E-state index in [9.17, 15) is 5.26 Å². The van der Waals surface area contributed by atoms with Crippen LogP contribution in [0.25, 0.3) is 11.0 Å². The van der Waals surface area contributed by atoms with Crippen LogP contribution in [0.2, 0.25) is 0 Å². The largest absolute Gasteiger partial charge is 0.367 e. The normalized spacial score (nSPS) is 16.8. The summed E-state index contributed by atoms with van der Waals surface area (Å²) in [6.45, 7) is 8.47. The molecule has 0 radical (unpaired) electrons. The Morgan fingerprint density at radius 2 is 1.68 bits per heavy atom. The summed E-state index contributed by atoms with van der Waals surface area (Å²) in [5.41, 5.74) is 2.69. The minimum atomic E-state index is 0.734. The molecule has 0 saturated carbocycles. The van der Waals surface area contributed by atoms with Crippen molar-refractivity contribution in [2.45, 2.75) is 32.7 Å². The third-order valence-electron chi connectivity index (χ3n) is 6.23. The molecule has 160 valence electrons. The second-order valence-electron chi connectivity index (χ2n) is 8.25. The van der Waals surface area contributed by atoms with E-state index in [1.165, 1.54) is 12.8 Å². The summed E-state index contributed by atoms with van der Waals surface area (Å²) in [7, 11) is 0. The molecule has 0 amide bonds. The summed E-state index contributed by atoms with van der Waals surface area (Å²) < 4.78 is 2.01. The number of para-hydroxylation sites is 1. The molecule has 5 rings (SSSR count). The van der Waals surface area contributed by atoms with Gasteiger partial charge in [-0.05, 0) is 31.4 Å². The van der Waals surface area contributed by atoms with Gasteiger partial charge >= 0.3 is 0 Å². The number of aryl methyl sites for hydroxylation is 1. The van der Waals surface area contributed by atoms with Gasteiger partial charge in [-0.3, -0.25) is 0 Å². The fraction of sp³-hybridized carbons (Fsp3) is 0.478. The zero-order chi connectivity index (χ0) is 21.2. The molecule has 0 bridgehead atoms. The maximum atomic E-state index is 9.46. The first kappa shape index (κ1) is 19.6. The lowest BCUT2D eigenvalue weighted by atomic mass is 10.1. The number of fused-ring (bicyclic) bond motifs is 1. The number of hydrogen-bond acceptors (Lipinski definition) is 7. The minimum Gasteiger partial charge on any atom is -0.367 e. The van der Waals surface area contributed by atoms with Crippen LogP contribution in [-0.4, -0.2) is 59.0 Å². The van der Waals surface area contributed by atoms with Gasteiger partial charge in [-0.25, -0.2) is 4.68 Å². The molecule has 8 heteroatoms. The van der Waals surface area contributed by atoms with Crippen LogP contribution in [0.5, 0.6) is 0 Å². The van der Waals surface area contributed by atoms with E-state index < -0.39 is 0 Å². The van der Waals surface area contributed by atoms with E-state index in [0.717, 1.165) is 86.3 Å². The van der Waals surface area contributed by atoms with Crippen molar-refractivity contribution < 1.29 is 0 Å². The van der Waals surface area contributed by atoms with Crippen molar-refractivity contribution in [3.63, 3.8) is 0 Å². The highest BCUT2D eigenvalue weighted by Crippen LogP contribution is 2.30. The van der Waals surface area contributed by atoms with Crippen LogP contribution in [0.3, 0.4) is 0 Å². The van der Waals surface area contributed by atoms with Gasteiger partial charge in [-0.1, -0.05) is 19.1 Å². The smallest absolute Gasteiger partial charge is 0.229 e. The third kappa shape index (κ3) is 3.65. The quantitative estimate of drug-likeness (QED) is 0.633. The lowest BCUT2D eigenvalue weighted by Gasteiger charge is -2.37. The van der Waals surface area contributed by atoms with Crippen molar-refractivity contribution >= 4 is 28.5 Å². The first-order chi connectivity index (χ1) is 15.3. The second kappa shape index (κ2) is 8.42. The highest BCUT2D eigenvalue weighted by atomic mass is 15.4. The van der Waals surface area contributed by atoms with Crippen LogP contribution in [-0.2, 0) is 6.54 Å². The Morgan fingerprint density at radius 1 is 0.935 bits per heavy atom. The molecular formula is C23H28N8. The van der Waals surface area contributed by atoms with Crippen LogP contribution in [0.4, 0.5) is 17.5 Å². The molecule has 8 nitrogen and oxygen atoms in total. The Labute approximate surface area is 182 Å². The van der Waals surface area contributed by atoms with Crippen LogP contribution in [0, 0.1) is 11.3 Å². The van der Waals surface area contributed by atoms with Gasteiger partial charge < -0.3 is 14.7 Å². The van der Waals surface area contributed by atoms with Crippen LogP contribution < -0.4 is 14.7 Å². The Morgan fingerprint density at radius 3 is 2.42 bits per heavy atom. The molecule has 2 aromatic heterocycles. The molecule has 2 aliphatic heterocycles. The van der Waals surface area contributed by atoms with Crippen LogP contribution in [0.1, 0.15) is 31.7 Å². The number of aromatic nitrogens is 4.